The molecule has 6 rings (SSSR count). The summed E-state index contributed by atoms with van der Waals surface area (Å²) in [6.07, 6.45) is 0. The van der Waals surface area contributed by atoms with E-state index in [1.165, 1.54) is 100 Å². The van der Waals surface area contributed by atoms with E-state index in [2.05, 4.69) is 165 Å². The van der Waals surface area contributed by atoms with Crippen LogP contribution in [-0.2, 0) is 9.13 Å². The van der Waals surface area contributed by atoms with Gasteiger partial charge in [-0.1, -0.05) is 103 Å². The van der Waals surface area contributed by atoms with Crippen molar-refractivity contribution in [3.63, 3.8) is 0 Å². The average Bonchev–Trinajstić information content (AvgIpc) is 3.04. The summed E-state index contributed by atoms with van der Waals surface area (Å²) in [5, 5.41) is 0. The molecule has 8 nitrogen and oxygen atoms in total. The molecule has 0 aliphatic heterocycles. The highest BCUT2D eigenvalue weighted by molar-refractivity contribution is 7.45. The van der Waals surface area contributed by atoms with Gasteiger partial charge in [-0.3, -0.25) is 0 Å². The lowest BCUT2D eigenvalue weighted by Gasteiger charge is -2.29. The number of rotatable bonds is 5. The zero-order chi connectivity index (χ0) is 40.1. The molecule has 6 aromatic rings. The van der Waals surface area contributed by atoms with Gasteiger partial charge in [0.05, 0.1) is 0 Å². The Morgan fingerprint density at radius 1 is 0.315 bits per heavy atom. The molecule has 0 bridgehead atoms. The molecule has 282 valence electrons. The molecule has 6 N–H and O–H groups in total. The van der Waals surface area contributed by atoms with Crippen LogP contribution in [0.25, 0.3) is 55.6 Å². The largest absolute Gasteiger partial charge is 0.466 e. The molecule has 0 fully saturated rings. The Hall–Kier alpha value is -4.46. The molecule has 0 saturated carbocycles. The maximum Gasteiger partial charge on any atom is 0.466 e. The maximum absolute atomic E-state index is 8.88. The monoisotopic (exact) mass is 766 g/mol. The quantitative estimate of drug-likeness (QED) is 0.0947. The van der Waals surface area contributed by atoms with Gasteiger partial charge in [-0.05, 0) is 162 Å². The van der Waals surface area contributed by atoms with Gasteiger partial charge in [0, 0.05) is 0 Å². The Morgan fingerprint density at radius 2 is 0.574 bits per heavy atom. The van der Waals surface area contributed by atoms with Crippen molar-refractivity contribution in [1.29, 1.82) is 0 Å². The van der Waals surface area contributed by atoms with E-state index in [0.717, 1.165) is 0 Å². The van der Waals surface area contributed by atoms with Crippen LogP contribution in [-0.4, -0.2) is 29.4 Å². The summed E-state index contributed by atoms with van der Waals surface area (Å²) < 4.78 is 17.8. The lowest BCUT2D eigenvalue weighted by atomic mass is 9.74. The van der Waals surface area contributed by atoms with Gasteiger partial charge < -0.3 is 29.4 Å². The molecule has 0 aliphatic carbocycles. The van der Waals surface area contributed by atoms with E-state index in [1.807, 2.05) is 0 Å². The van der Waals surface area contributed by atoms with Crippen LogP contribution in [0.5, 0.6) is 0 Å². The molecular weight excluding hydrogens is 718 g/mol. The number of benzene rings is 6. The van der Waals surface area contributed by atoms with Gasteiger partial charge in [0.15, 0.2) is 0 Å². The standard InChI is InChI=1S/C44H42.2H3O4P/c1-27-16-12-17-28(2)38(27)37-26-36(35-24-10-9-11-25-35)42(39-29(3)18-13-19-30(39)4)44(41-33(7)22-15-23-34(41)8)43(37)40-31(5)20-14-21-32(40)6;2*1-5(2,3)4/h9-26H,1-8H3;2*(H3,1,2,3,4). The van der Waals surface area contributed by atoms with Gasteiger partial charge in [-0.2, -0.15) is 0 Å². The van der Waals surface area contributed by atoms with Crippen molar-refractivity contribution in [2.75, 3.05) is 0 Å². The predicted octanol–water partition coefficient (Wildman–Crippen LogP) is 10.6. The van der Waals surface area contributed by atoms with Gasteiger partial charge in [-0.15, -0.1) is 0 Å². The first kappa shape index (κ1) is 42.3. The van der Waals surface area contributed by atoms with Crippen molar-refractivity contribution in [3.8, 4) is 55.6 Å². The molecule has 0 heterocycles. The van der Waals surface area contributed by atoms with Crippen molar-refractivity contribution >= 4 is 15.6 Å². The Labute approximate surface area is 318 Å². The van der Waals surface area contributed by atoms with E-state index in [9.17, 15) is 0 Å². The van der Waals surface area contributed by atoms with Gasteiger partial charge in [0.25, 0.3) is 0 Å². The van der Waals surface area contributed by atoms with Gasteiger partial charge in [0.2, 0.25) is 0 Å². The molecule has 0 saturated heterocycles. The summed E-state index contributed by atoms with van der Waals surface area (Å²) in [7, 11) is -9.28. The number of hydrogen-bond acceptors (Lipinski definition) is 2. The summed E-state index contributed by atoms with van der Waals surface area (Å²) >= 11 is 0. The van der Waals surface area contributed by atoms with Crippen molar-refractivity contribution in [2.24, 2.45) is 0 Å². The van der Waals surface area contributed by atoms with Crippen molar-refractivity contribution in [3.05, 3.63) is 154 Å². The highest BCUT2D eigenvalue weighted by Gasteiger charge is 2.28. The molecule has 0 aromatic heterocycles. The van der Waals surface area contributed by atoms with Crippen molar-refractivity contribution in [1.82, 2.24) is 0 Å². The van der Waals surface area contributed by atoms with E-state index >= 15 is 0 Å². The Kier molecular flexibility index (Phi) is 13.6. The number of phosphoric acid groups is 2. The third kappa shape index (κ3) is 10.4. The molecular formula is C44H48O8P2. The first-order valence-corrected chi connectivity index (χ1v) is 20.4. The van der Waals surface area contributed by atoms with Crippen LogP contribution >= 0.6 is 15.6 Å². The summed E-state index contributed by atoms with van der Waals surface area (Å²) in [6, 6.07) is 40.4. The van der Waals surface area contributed by atoms with E-state index in [0.29, 0.717) is 0 Å². The normalized spacial score (nSPS) is 11.3. The molecule has 0 unspecified atom stereocenters. The van der Waals surface area contributed by atoms with E-state index in [-0.39, 0.29) is 0 Å². The minimum Gasteiger partial charge on any atom is -0.303 e. The molecule has 6 aromatic carbocycles. The highest BCUT2D eigenvalue weighted by Crippen LogP contribution is 2.54. The molecule has 10 heteroatoms. The lowest BCUT2D eigenvalue weighted by molar-refractivity contribution is 0.272. The molecule has 0 radical (unpaired) electrons. The second-order valence-electron chi connectivity index (χ2n) is 13.6. The molecule has 0 spiro atoms. The lowest BCUT2D eigenvalue weighted by Crippen LogP contribution is -2.04. The fourth-order valence-electron chi connectivity index (χ4n) is 7.36. The van der Waals surface area contributed by atoms with Crippen molar-refractivity contribution in [2.45, 2.75) is 55.4 Å². The minimum absolute atomic E-state index is 1.23. The van der Waals surface area contributed by atoms with E-state index in [1.54, 1.807) is 0 Å². The van der Waals surface area contributed by atoms with Crippen LogP contribution in [0.15, 0.2) is 109 Å². The maximum atomic E-state index is 8.88. The zero-order valence-electron chi connectivity index (χ0n) is 31.8. The zero-order valence-corrected chi connectivity index (χ0v) is 33.6. The van der Waals surface area contributed by atoms with Crippen molar-refractivity contribution < 1.29 is 38.5 Å². The van der Waals surface area contributed by atoms with Crippen LogP contribution in [0.1, 0.15) is 44.5 Å². The average molecular weight is 767 g/mol. The minimum atomic E-state index is -4.64. The van der Waals surface area contributed by atoms with Crippen LogP contribution in [0.2, 0.25) is 0 Å². The predicted molar refractivity (Wildman–Crippen MR) is 220 cm³/mol. The Morgan fingerprint density at radius 3 is 0.889 bits per heavy atom. The highest BCUT2D eigenvalue weighted by atomic mass is 31.2. The molecule has 54 heavy (non-hydrogen) atoms. The molecule has 0 aliphatic rings. The van der Waals surface area contributed by atoms with Gasteiger partial charge in [0.1, 0.15) is 0 Å². The summed E-state index contributed by atoms with van der Waals surface area (Å²) in [6.45, 7) is 18.2. The second-order valence-corrected chi connectivity index (χ2v) is 15.6. The first-order chi connectivity index (χ1) is 25.2. The molecule has 0 atom stereocenters. The summed E-state index contributed by atoms with van der Waals surface area (Å²) in [4.78, 5) is 43.1. The second kappa shape index (κ2) is 17.3. The first-order valence-electron chi connectivity index (χ1n) is 17.3. The van der Waals surface area contributed by atoms with E-state index < -0.39 is 15.6 Å². The van der Waals surface area contributed by atoms with Gasteiger partial charge >= 0.3 is 15.6 Å². The third-order valence-electron chi connectivity index (χ3n) is 9.36. The fourth-order valence-corrected chi connectivity index (χ4v) is 7.36. The Bertz CT molecular complexity index is 2270. The third-order valence-corrected chi connectivity index (χ3v) is 9.36. The van der Waals surface area contributed by atoms with Crippen LogP contribution in [0, 0.1) is 55.4 Å². The number of hydrogen-bond donors (Lipinski definition) is 6. The van der Waals surface area contributed by atoms with E-state index in [4.69, 9.17) is 38.5 Å². The topological polar surface area (TPSA) is 156 Å². The molecule has 0 amide bonds. The number of aryl methyl sites for hydroxylation is 8. The summed E-state index contributed by atoms with van der Waals surface area (Å²) in [5.74, 6) is 0. The SMILES string of the molecule is Cc1cccc(C)c1-c1cc(-c2ccccc2)c(-c2c(C)cccc2C)c(-c2c(C)cccc2C)c1-c1c(C)cccc1C.O=P(O)(O)O.O=P(O)(O)O. The Balaban J connectivity index is 0.000000577. The van der Waals surface area contributed by atoms with Gasteiger partial charge in [-0.25, -0.2) is 9.13 Å². The van der Waals surface area contributed by atoms with Crippen LogP contribution < -0.4 is 0 Å². The fraction of sp³-hybridized carbons (Fsp3) is 0.182. The summed E-state index contributed by atoms with van der Waals surface area (Å²) in [5.41, 5.74) is 23.4. The van der Waals surface area contributed by atoms with Crippen LogP contribution in [0.3, 0.4) is 0 Å². The van der Waals surface area contributed by atoms with Crippen LogP contribution in [0.4, 0.5) is 0 Å². The smallest absolute Gasteiger partial charge is 0.303 e.